The van der Waals surface area contributed by atoms with E-state index >= 15 is 0 Å². The molecule has 0 radical (unpaired) electrons. The van der Waals surface area contributed by atoms with Gasteiger partial charge in [-0.05, 0) is 45.9 Å². The molecule has 1 N–H and O–H groups in total. The Balaban J connectivity index is 1.56. The summed E-state index contributed by atoms with van der Waals surface area (Å²) >= 11 is 1.50. The van der Waals surface area contributed by atoms with Crippen molar-refractivity contribution >= 4 is 28.4 Å². The Hall–Kier alpha value is -3.19. The van der Waals surface area contributed by atoms with Crippen LogP contribution in [0, 0.1) is 27.7 Å². The molecule has 0 aliphatic heterocycles. The number of benzene rings is 1. The van der Waals surface area contributed by atoms with E-state index in [1.807, 2.05) is 25.4 Å². The van der Waals surface area contributed by atoms with Gasteiger partial charge in [0.1, 0.15) is 5.69 Å². The van der Waals surface area contributed by atoms with E-state index in [2.05, 4.69) is 64.3 Å². The van der Waals surface area contributed by atoms with E-state index in [-0.39, 0.29) is 5.91 Å². The van der Waals surface area contributed by atoms with Crippen molar-refractivity contribution < 1.29 is 4.79 Å². The predicted molar refractivity (Wildman–Crippen MR) is 113 cm³/mol. The standard InChI is InChI=1S/C21H21N5OS/c1-13-5-7-18(8-6-13)26-14(2)11-17(16(26)4)12-22-24-20(27)19-15(3)23-21-25(19)9-10-28-21/h5-12H,1-4H3,(H,24,27)/b22-12+. The molecule has 0 bridgehead atoms. The van der Waals surface area contributed by atoms with E-state index in [1.54, 1.807) is 10.6 Å². The number of hydrazone groups is 1. The van der Waals surface area contributed by atoms with Crippen molar-refractivity contribution in [2.75, 3.05) is 0 Å². The maximum absolute atomic E-state index is 12.6. The fraction of sp³-hybridized carbons (Fsp3) is 0.190. The van der Waals surface area contributed by atoms with Gasteiger partial charge in [-0.25, -0.2) is 10.4 Å². The van der Waals surface area contributed by atoms with Gasteiger partial charge in [-0.3, -0.25) is 9.20 Å². The number of aryl methyl sites for hydroxylation is 3. The van der Waals surface area contributed by atoms with Gasteiger partial charge < -0.3 is 4.57 Å². The lowest BCUT2D eigenvalue weighted by Gasteiger charge is -2.09. The zero-order chi connectivity index (χ0) is 19.8. The van der Waals surface area contributed by atoms with E-state index < -0.39 is 0 Å². The number of amides is 1. The molecule has 6 nitrogen and oxygen atoms in total. The number of carbonyl (C=O) groups excluding carboxylic acids is 1. The summed E-state index contributed by atoms with van der Waals surface area (Å²) in [5.74, 6) is -0.271. The number of imidazole rings is 1. The molecule has 0 saturated heterocycles. The lowest BCUT2D eigenvalue weighted by atomic mass is 10.2. The summed E-state index contributed by atoms with van der Waals surface area (Å²) in [4.78, 5) is 17.7. The number of carbonyl (C=O) groups is 1. The van der Waals surface area contributed by atoms with E-state index in [4.69, 9.17) is 0 Å². The topological polar surface area (TPSA) is 63.7 Å². The van der Waals surface area contributed by atoms with Gasteiger partial charge in [0.2, 0.25) is 0 Å². The highest BCUT2D eigenvalue weighted by atomic mass is 32.1. The zero-order valence-electron chi connectivity index (χ0n) is 16.2. The van der Waals surface area contributed by atoms with Crippen LogP contribution < -0.4 is 5.43 Å². The molecule has 4 aromatic rings. The Morgan fingerprint density at radius 3 is 2.68 bits per heavy atom. The van der Waals surface area contributed by atoms with Crippen LogP contribution in [0.4, 0.5) is 0 Å². The monoisotopic (exact) mass is 391 g/mol. The lowest BCUT2D eigenvalue weighted by molar-refractivity contribution is 0.0948. The first-order valence-corrected chi connectivity index (χ1v) is 9.85. The van der Waals surface area contributed by atoms with Gasteiger partial charge in [0, 0.05) is 34.2 Å². The highest BCUT2D eigenvalue weighted by Gasteiger charge is 2.16. The second-order valence-corrected chi connectivity index (χ2v) is 7.67. The number of nitrogens with one attached hydrogen (secondary N) is 1. The Bertz CT molecular complexity index is 1190. The Morgan fingerprint density at radius 1 is 1.18 bits per heavy atom. The Labute approximate surface area is 167 Å². The normalized spacial score (nSPS) is 11.6. The van der Waals surface area contributed by atoms with Crippen LogP contribution in [0.2, 0.25) is 0 Å². The van der Waals surface area contributed by atoms with E-state index in [1.165, 1.54) is 16.9 Å². The number of fused-ring (bicyclic) bond motifs is 1. The van der Waals surface area contributed by atoms with Crippen LogP contribution in [0.3, 0.4) is 0 Å². The third-order valence-electron chi connectivity index (χ3n) is 4.78. The van der Waals surface area contributed by atoms with Gasteiger partial charge in [0.05, 0.1) is 11.9 Å². The molecule has 4 rings (SSSR count). The second-order valence-electron chi connectivity index (χ2n) is 6.80. The summed E-state index contributed by atoms with van der Waals surface area (Å²) in [6.07, 6.45) is 3.53. The van der Waals surface area contributed by atoms with Gasteiger partial charge in [-0.2, -0.15) is 5.10 Å². The van der Waals surface area contributed by atoms with Gasteiger partial charge >= 0.3 is 0 Å². The first kappa shape index (κ1) is 18.2. The van der Waals surface area contributed by atoms with Crippen LogP contribution in [0.25, 0.3) is 10.6 Å². The summed E-state index contributed by atoms with van der Waals surface area (Å²) in [6, 6.07) is 10.5. The third-order valence-corrected chi connectivity index (χ3v) is 5.54. The number of aromatic nitrogens is 3. The van der Waals surface area contributed by atoms with Gasteiger partial charge in [0.15, 0.2) is 4.96 Å². The summed E-state index contributed by atoms with van der Waals surface area (Å²) < 4.78 is 3.97. The third kappa shape index (κ3) is 3.14. The molecule has 0 fully saturated rings. The minimum atomic E-state index is -0.271. The maximum Gasteiger partial charge on any atom is 0.290 e. The molecular formula is C21H21N5OS. The van der Waals surface area contributed by atoms with E-state index in [9.17, 15) is 4.79 Å². The number of hydrogen-bond acceptors (Lipinski definition) is 4. The van der Waals surface area contributed by atoms with Crippen molar-refractivity contribution in [1.29, 1.82) is 0 Å². The van der Waals surface area contributed by atoms with Crippen LogP contribution in [0.1, 0.15) is 38.7 Å². The molecular weight excluding hydrogens is 370 g/mol. The molecule has 0 saturated carbocycles. The molecule has 0 spiro atoms. The minimum absolute atomic E-state index is 0.271. The van der Waals surface area contributed by atoms with Crippen molar-refractivity contribution in [2.45, 2.75) is 27.7 Å². The molecule has 3 heterocycles. The smallest absolute Gasteiger partial charge is 0.290 e. The SMILES string of the molecule is Cc1ccc(-n2c(C)cc(/C=N/NC(=O)c3c(C)nc4sccn34)c2C)cc1. The fourth-order valence-electron chi connectivity index (χ4n) is 3.39. The minimum Gasteiger partial charge on any atom is -0.318 e. The lowest BCUT2D eigenvalue weighted by Crippen LogP contribution is -2.20. The van der Waals surface area contributed by atoms with E-state index in [0.717, 1.165) is 27.6 Å². The molecule has 0 unspecified atom stereocenters. The molecule has 7 heteroatoms. The van der Waals surface area contributed by atoms with Crippen molar-refractivity contribution in [3.05, 3.63) is 75.8 Å². The van der Waals surface area contributed by atoms with Crippen LogP contribution in [0.5, 0.6) is 0 Å². The molecule has 3 aromatic heterocycles. The first-order chi connectivity index (χ1) is 13.5. The predicted octanol–water partition coefficient (Wildman–Crippen LogP) is 4.18. The number of rotatable bonds is 4. The van der Waals surface area contributed by atoms with Crippen LogP contribution in [-0.4, -0.2) is 26.1 Å². The highest BCUT2D eigenvalue weighted by molar-refractivity contribution is 7.15. The highest BCUT2D eigenvalue weighted by Crippen LogP contribution is 2.20. The van der Waals surface area contributed by atoms with Crippen molar-refractivity contribution in [3.63, 3.8) is 0 Å². The molecule has 1 aromatic carbocycles. The molecule has 28 heavy (non-hydrogen) atoms. The maximum atomic E-state index is 12.6. The van der Waals surface area contributed by atoms with Gasteiger partial charge in [-0.1, -0.05) is 17.7 Å². The zero-order valence-corrected chi connectivity index (χ0v) is 17.0. The van der Waals surface area contributed by atoms with Crippen LogP contribution >= 0.6 is 11.3 Å². The largest absolute Gasteiger partial charge is 0.318 e. The summed E-state index contributed by atoms with van der Waals surface area (Å²) in [5.41, 5.74) is 9.31. The Morgan fingerprint density at radius 2 is 1.93 bits per heavy atom. The first-order valence-electron chi connectivity index (χ1n) is 8.97. The van der Waals surface area contributed by atoms with Crippen LogP contribution in [0.15, 0.2) is 47.0 Å². The average molecular weight is 392 g/mol. The molecule has 0 atom stereocenters. The van der Waals surface area contributed by atoms with Gasteiger partial charge in [0.25, 0.3) is 5.91 Å². The number of nitrogens with zero attached hydrogens (tertiary/aromatic N) is 4. The van der Waals surface area contributed by atoms with Crippen LogP contribution in [-0.2, 0) is 0 Å². The molecule has 0 aliphatic rings. The second kappa shape index (κ2) is 7.09. The summed E-state index contributed by atoms with van der Waals surface area (Å²) in [7, 11) is 0. The number of thiazole rings is 1. The number of hydrogen-bond donors (Lipinski definition) is 1. The van der Waals surface area contributed by atoms with Gasteiger partial charge in [-0.15, -0.1) is 11.3 Å². The van der Waals surface area contributed by atoms with Crippen molar-refractivity contribution in [1.82, 2.24) is 19.4 Å². The summed E-state index contributed by atoms with van der Waals surface area (Å²) in [6.45, 7) is 8.01. The molecule has 142 valence electrons. The average Bonchev–Trinajstić information content (AvgIpc) is 3.29. The van der Waals surface area contributed by atoms with E-state index in [0.29, 0.717) is 11.4 Å². The Kier molecular flexibility index (Phi) is 4.60. The van der Waals surface area contributed by atoms with Crippen molar-refractivity contribution in [2.24, 2.45) is 5.10 Å². The fourth-order valence-corrected chi connectivity index (χ4v) is 4.15. The van der Waals surface area contributed by atoms with Crippen molar-refractivity contribution in [3.8, 4) is 5.69 Å². The quantitative estimate of drug-likeness (QED) is 0.419. The molecule has 1 amide bonds. The summed E-state index contributed by atoms with van der Waals surface area (Å²) in [5, 5.41) is 6.08. The molecule has 0 aliphatic carbocycles.